The van der Waals surface area contributed by atoms with Gasteiger partial charge in [0.1, 0.15) is 11.8 Å². The third-order valence-corrected chi connectivity index (χ3v) is 4.14. The highest BCUT2D eigenvalue weighted by atomic mass is 16.5. The van der Waals surface area contributed by atoms with E-state index in [4.69, 9.17) is 4.74 Å². The van der Waals surface area contributed by atoms with Crippen molar-refractivity contribution in [3.05, 3.63) is 59.7 Å². The molecule has 2 aromatic rings. The summed E-state index contributed by atoms with van der Waals surface area (Å²) in [5.74, 6) is 0.150. The monoisotopic (exact) mass is 370 g/mol. The van der Waals surface area contributed by atoms with Gasteiger partial charge in [-0.2, -0.15) is 0 Å². The Labute approximate surface area is 159 Å². The van der Waals surface area contributed by atoms with Gasteiger partial charge in [0.15, 0.2) is 0 Å². The molecule has 0 heterocycles. The van der Waals surface area contributed by atoms with Gasteiger partial charge in [0, 0.05) is 6.42 Å². The van der Waals surface area contributed by atoms with Gasteiger partial charge in [0.2, 0.25) is 5.91 Å². The minimum atomic E-state index is -0.547. The lowest BCUT2D eigenvalue weighted by molar-refractivity contribution is -0.140. The molecule has 27 heavy (non-hydrogen) atoms. The van der Waals surface area contributed by atoms with Crippen molar-refractivity contribution in [2.45, 2.75) is 25.8 Å². The SMILES string of the molecule is COC(=O)CCCN[C@@H](C(=O)Nc1cc(C)ccc1OC)c1ccccc1. The van der Waals surface area contributed by atoms with Crippen LogP contribution < -0.4 is 15.4 Å². The molecule has 0 aliphatic rings. The van der Waals surface area contributed by atoms with Gasteiger partial charge < -0.3 is 20.1 Å². The molecule has 2 rings (SSSR count). The first kappa shape index (κ1) is 20.5. The zero-order chi connectivity index (χ0) is 19.6. The Morgan fingerprint density at radius 2 is 1.81 bits per heavy atom. The Kier molecular flexibility index (Phi) is 7.82. The highest BCUT2D eigenvalue weighted by molar-refractivity contribution is 5.96. The molecule has 0 saturated heterocycles. The molecule has 0 unspecified atom stereocenters. The molecule has 0 radical (unpaired) electrons. The summed E-state index contributed by atoms with van der Waals surface area (Å²) in [4.78, 5) is 24.2. The second-order valence-corrected chi connectivity index (χ2v) is 6.17. The van der Waals surface area contributed by atoms with Gasteiger partial charge in [-0.3, -0.25) is 9.59 Å². The molecule has 0 bridgehead atoms. The normalized spacial score (nSPS) is 11.5. The highest BCUT2D eigenvalue weighted by Gasteiger charge is 2.21. The summed E-state index contributed by atoms with van der Waals surface area (Å²) in [6.07, 6.45) is 0.884. The van der Waals surface area contributed by atoms with E-state index in [1.54, 1.807) is 7.11 Å². The van der Waals surface area contributed by atoms with Crippen molar-refractivity contribution >= 4 is 17.6 Å². The predicted octanol–water partition coefficient (Wildman–Crippen LogP) is 3.23. The summed E-state index contributed by atoms with van der Waals surface area (Å²) in [5.41, 5.74) is 2.49. The lowest BCUT2D eigenvalue weighted by atomic mass is 10.1. The number of nitrogens with one attached hydrogen (secondary N) is 2. The van der Waals surface area contributed by atoms with Crippen molar-refractivity contribution in [3.8, 4) is 5.75 Å². The Morgan fingerprint density at radius 1 is 1.07 bits per heavy atom. The number of benzene rings is 2. The maximum Gasteiger partial charge on any atom is 0.305 e. The number of hydrogen-bond donors (Lipinski definition) is 2. The number of rotatable bonds is 9. The summed E-state index contributed by atoms with van der Waals surface area (Å²) < 4.78 is 9.98. The molecule has 6 nitrogen and oxygen atoms in total. The van der Waals surface area contributed by atoms with E-state index < -0.39 is 6.04 Å². The predicted molar refractivity (Wildman–Crippen MR) is 105 cm³/mol. The Bertz CT molecular complexity index is 762. The number of ether oxygens (including phenoxy) is 2. The standard InChI is InChI=1S/C21H26N2O4/c1-15-11-12-18(26-2)17(14-15)23-21(25)20(16-8-5-4-6-9-16)22-13-7-10-19(24)27-3/h4-6,8-9,11-12,14,20,22H,7,10,13H2,1-3H3,(H,23,25)/t20-/m1/s1. The van der Waals surface area contributed by atoms with E-state index in [1.807, 2.05) is 55.5 Å². The Hall–Kier alpha value is -2.86. The molecule has 6 heteroatoms. The fraction of sp³-hybridized carbons (Fsp3) is 0.333. The maximum absolute atomic E-state index is 13.0. The second-order valence-electron chi connectivity index (χ2n) is 6.17. The van der Waals surface area contributed by atoms with Gasteiger partial charge in [-0.15, -0.1) is 0 Å². The van der Waals surface area contributed by atoms with Gasteiger partial charge in [-0.1, -0.05) is 36.4 Å². The van der Waals surface area contributed by atoms with Crippen molar-refractivity contribution < 1.29 is 19.1 Å². The number of esters is 1. The van der Waals surface area contributed by atoms with Crippen LogP contribution in [0.15, 0.2) is 48.5 Å². The van der Waals surface area contributed by atoms with Crippen LogP contribution in [-0.2, 0) is 14.3 Å². The van der Waals surface area contributed by atoms with Crippen LogP contribution >= 0.6 is 0 Å². The Morgan fingerprint density at radius 3 is 2.48 bits per heavy atom. The molecule has 0 aliphatic heterocycles. The minimum absolute atomic E-state index is 0.192. The van der Waals surface area contributed by atoms with Crippen molar-refractivity contribution in [3.63, 3.8) is 0 Å². The van der Waals surface area contributed by atoms with E-state index in [-0.39, 0.29) is 11.9 Å². The largest absolute Gasteiger partial charge is 0.495 e. The number of amides is 1. The fourth-order valence-corrected chi connectivity index (χ4v) is 2.71. The second kappa shape index (κ2) is 10.3. The number of aryl methyl sites for hydroxylation is 1. The average Bonchev–Trinajstić information content (AvgIpc) is 2.68. The van der Waals surface area contributed by atoms with Crippen LogP contribution in [0.4, 0.5) is 5.69 Å². The van der Waals surface area contributed by atoms with E-state index in [9.17, 15) is 9.59 Å². The zero-order valence-electron chi connectivity index (χ0n) is 16.0. The van der Waals surface area contributed by atoms with Crippen LogP contribution in [0, 0.1) is 6.92 Å². The van der Waals surface area contributed by atoms with Crippen molar-refractivity contribution in [2.24, 2.45) is 0 Å². The molecule has 0 saturated carbocycles. The van der Waals surface area contributed by atoms with Crippen LogP contribution in [0.5, 0.6) is 5.75 Å². The molecular formula is C21H26N2O4. The molecule has 1 amide bonds. The third-order valence-electron chi connectivity index (χ3n) is 4.14. The highest BCUT2D eigenvalue weighted by Crippen LogP contribution is 2.26. The lowest BCUT2D eigenvalue weighted by Crippen LogP contribution is -2.34. The summed E-state index contributed by atoms with van der Waals surface area (Å²) >= 11 is 0. The van der Waals surface area contributed by atoms with Crippen LogP contribution in [0.1, 0.15) is 30.0 Å². The number of carbonyl (C=O) groups is 2. The molecule has 0 aromatic heterocycles. The van der Waals surface area contributed by atoms with Gasteiger partial charge in [-0.05, 0) is 43.1 Å². The van der Waals surface area contributed by atoms with Gasteiger partial charge >= 0.3 is 5.97 Å². The molecular weight excluding hydrogens is 344 g/mol. The third kappa shape index (κ3) is 6.11. The first-order chi connectivity index (χ1) is 13.0. The van der Waals surface area contributed by atoms with Crippen molar-refractivity contribution in [1.82, 2.24) is 5.32 Å². The molecule has 0 spiro atoms. The van der Waals surface area contributed by atoms with Crippen LogP contribution in [0.2, 0.25) is 0 Å². The average molecular weight is 370 g/mol. The molecule has 0 fully saturated rings. The number of anilines is 1. The summed E-state index contributed by atoms with van der Waals surface area (Å²) in [7, 11) is 2.94. The summed E-state index contributed by atoms with van der Waals surface area (Å²) in [6, 6.07) is 14.5. The lowest BCUT2D eigenvalue weighted by Gasteiger charge is -2.20. The molecule has 2 aromatic carbocycles. The molecule has 2 N–H and O–H groups in total. The maximum atomic E-state index is 13.0. The topological polar surface area (TPSA) is 76.7 Å². The van der Waals surface area contributed by atoms with Gasteiger partial charge in [0.25, 0.3) is 0 Å². The number of methoxy groups -OCH3 is 2. The zero-order valence-corrected chi connectivity index (χ0v) is 16.0. The van der Waals surface area contributed by atoms with E-state index in [0.717, 1.165) is 11.1 Å². The summed E-state index contributed by atoms with van der Waals surface area (Å²) in [6.45, 7) is 2.46. The molecule has 1 atom stereocenters. The number of carbonyl (C=O) groups excluding carboxylic acids is 2. The molecule has 0 aliphatic carbocycles. The first-order valence-corrected chi connectivity index (χ1v) is 8.85. The van der Waals surface area contributed by atoms with Crippen LogP contribution in [0.25, 0.3) is 0 Å². The van der Waals surface area contributed by atoms with Crippen LogP contribution in [-0.4, -0.2) is 32.6 Å². The first-order valence-electron chi connectivity index (χ1n) is 8.85. The quantitative estimate of drug-likeness (QED) is 0.523. The van der Waals surface area contributed by atoms with Gasteiger partial charge in [-0.25, -0.2) is 0 Å². The van der Waals surface area contributed by atoms with Crippen LogP contribution in [0.3, 0.4) is 0 Å². The Balaban J connectivity index is 2.12. The fourth-order valence-electron chi connectivity index (χ4n) is 2.71. The van der Waals surface area contributed by atoms with E-state index in [0.29, 0.717) is 30.8 Å². The smallest absolute Gasteiger partial charge is 0.305 e. The van der Waals surface area contributed by atoms with E-state index in [2.05, 4.69) is 15.4 Å². The van der Waals surface area contributed by atoms with E-state index >= 15 is 0 Å². The summed E-state index contributed by atoms with van der Waals surface area (Å²) in [5, 5.41) is 6.17. The molecule has 144 valence electrons. The minimum Gasteiger partial charge on any atom is -0.495 e. The van der Waals surface area contributed by atoms with Crippen molar-refractivity contribution in [2.75, 3.05) is 26.1 Å². The number of hydrogen-bond acceptors (Lipinski definition) is 5. The van der Waals surface area contributed by atoms with Crippen molar-refractivity contribution in [1.29, 1.82) is 0 Å². The van der Waals surface area contributed by atoms with E-state index in [1.165, 1.54) is 7.11 Å². The van der Waals surface area contributed by atoms with Gasteiger partial charge in [0.05, 0.1) is 19.9 Å².